The lowest BCUT2D eigenvalue weighted by Gasteiger charge is -2.33. The van der Waals surface area contributed by atoms with Gasteiger partial charge in [0.25, 0.3) is 5.91 Å². The monoisotopic (exact) mass is 341 g/mol. The molecule has 2 amide bonds. The summed E-state index contributed by atoms with van der Waals surface area (Å²) in [6.07, 6.45) is 10.2. The van der Waals surface area contributed by atoms with Crippen molar-refractivity contribution in [2.24, 2.45) is 5.41 Å². The van der Waals surface area contributed by atoms with Gasteiger partial charge in [-0.1, -0.05) is 6.42 Å². The van der Waals surface area contributed by atoms with Gasteiger partial charge in [-0.25, -0.2) is 0 Å². The van der Waals surface area contributed by atoms with Crippen LogP contribution in [0.25, 0.3) is 0 Å². The number of amides is 2. The molecule has 0 bridgehead atoms. The fourth-order valence-corrected chi connectivity index (χ4v) is 3.98. The number of hydrogen-bond donors (Lipinski definition) is 1. The van der Waals surface area contributed by atoms with Gasteiger partial charge in [-0.05, 0) is 63.0 Å². The summed E-state index contributed by atoms with van der Waals surface area (Å²) in [6, 6.07) is 3.28. The van der Waals surface area contributed by atoms with Crippen LogP contribution in [0.5, 0.6) is 0 Å². The Bertz CT molecular complexity index is 652. The van der Waals surface area contributed by atoms with E-state index in [-0.39, 0.29) is 11.8 Å². The third kappa shape index (κ3) is 3.42. The molecule has 1 atom stereocenters. The van der Waals surface area contributed by atoms with Crippen molar-refractivity contribution in [3.63, 3.8) is 0 Å². The van der Waals surface area contributed by atoms with Gasteiger partial charge in [0.05, 0.1) is 5.56 Å². The van der Waals surface area contributed by atoms with Gasteiger partial charge >= 0.3 is 0 Å². The molecular formula is C20H27N3O2. The molecule has 3 fully saturated rings. The molecule has 2 saturated carbocycles. The van der Waals surface area contributed by atoms with Crippen molar-refractivity contribution in [1.82, 2.24) is 15.2 Å². The van der Waals surface area contributed by atoms with Gasteiger partial charge in [0, 0.05) is 30.9 Å². The quantitative estimate of drug-likeness (QED) is 0.916. The topological polar surface area (TPSA) is 62.3 Å². The molecule has 0 radical (unpaired) electrons. The fourth-order valence-electron chi connectivity index (χ4n) is 3.98. The van der Waals surface area contributed by atoms with Gasteiger partial charge in [-0.3, -0.25) is 14.6 Å². The summed E-state index contributed by atoms with van der Waals surface area (Å²) in [5, 5.41) is 2.84. The minimum absolute atomic E-state index is 0.0305. The van der Waals surface area contributed by atoms with Crippen molar-refractivity contribution in [2.75, 3.05) is 13.1 Å². The lowest BCUT2D eigenvalue weighted by molar-refractivity contribution is -0.134. The summed E-state index contributed by atoms with van der Waals surface area (Å²) in [6.45, 7) is 3.44. The predicted octanol–water partition coefficient (Wildman–Crippen LogP) is 2.87. The Morgan fingerprint density at radius 2 is 1.92 bits per heavy atom. The van der Waals surface area contributed by atoms with Crippen LogP contribution in [0.1, 0.15) is 73.8 Å². The summed E-state index contributed by atoms with van der Waals surface area (Å²) in [7, 11) is 0. The van der Waals surface area contributed by atoms with Crippen LogP contribution in [0.3, 0.4) is 0 Å². The first-order valence-corrected chi connectivity index (χ1v) is 9.62. The van der Waals surface area contributed by atoms with Crippen molar-refractivity contribution in [3.05, 3.63) is 29.6 Å². The van der Waals surface area contributed by atoms with Crippen LogP contribution >= 0.6 is 0 Å². The zero-order chi connectivity index (χ0) is 17.4. The van der Waals surface area contributed by atoms with E-state index < -0.39 is 6.04 Å². The highest BCUT2D eigenvalue weighted by Gasteiger charge is 2.45. The summed E-state index contributed by atoms with van der Waals surface area (Å²) < 4.78 is 0. The van der Waals surface area contributed by atoms with Crippen LogP contribution in [0.15, 0.2) is 18.3 Å². The van der Waals surface area contributed by atoms with E-state index in [9.17, 15) is 9.59 Å². The molecule has 2 aliphatic carbocycles. The van der Waals surface area contributed by atoms with Crippen LogP contribution in [-0.4, -0.2) is 40.8 Å². The Balaban J connectivity index is 1.31. The van der Waals surface area contributed by atoms with Crippen molar-refractivity contribution in [1.29, 1.82) is 0 Å². The zero-order valence-corrected chi connectivity index (χ0v) is 15.0. The highest BCUT2D eigenvalue weighted by molar-refractivity contribution is 5.97. The molecule has 1 aromatic rings. The van der Waals surface area contributed by atoms with E-state index in [1.807, 2.05) is 17.0 Å². The van der Waals surface area contributed by atoms with Crippen LogP contribution in [0, 0.1) is 5.41 Å². The highest BCUT2D eigenvalue weighted by Crippen LogP contribution is 2.53. The molecule has 0 unspecified atom stereocenters. The third-order valence-electron chi connectivity index (χ3n) is 6.38. The molecule has 1 aliphatic heterocycles. The maximum Gasteiger partial charge on any atom is 0.253 e. The average Bonchev–Trinajstić information content (AvgIpc) is 3.33. The molecule has 0 aromatic carbocycles. The van der Waals surface area contributed by atoms with E-state index in [1.54, 1.807) is 13.1 Å². The first-order chi connectivity index (χ1) is 12.1. The summed E-state index contributed by atoms with van der Waals surface area (Å²) in [4.78, 5) is 31.3. The van der Waals surface area contributed by atoms with Crippen LogP contribution in [0.2, 0.25) is 0 Å². The Morgan fingerprint density at radius 1 is 1.20 bits per heavy atom. The largest absolute Gasteiger partial charge is 0.341 e. The van der Waals surface area contributed by atoms with Crippen molar-refractivity contribution in [3.8, 4) is 0 Å². The lowest BCUT2D eigenvalue weighted by atomic mass is 9.82. The number of aromatic nitrogens is 1. The van der Waals surface area contributed by atoms with Crippen LogP contribution < -0.4 is 5.32 Å². The van der Waals surface area contributed by atoms with Gasteiger partial charge in [0.1, 0.15) is 6.04 Å². The minimum Gasteiger partial charge on any atom is -0.341 e. The molecule has 5 heteroatoms. The SMILES string of the molecule is C[C@@H](NC(=O)c1ccc(C2CCC2)nc1)C(=O)N1CCC2(CC1)CC2. The normalized spacial score (nSPS) is 23.0. The average molecular weight is 341 g/mol. The Hall–Kier alpha value is -1.91. The number of hydrogen-bond acceptors (Lipinski definition) is 3. The number of carbonyl (C=O) groups excluding carboxylic acids is 2. The number of nitrogens with zero attached hydrogens (tertiary/aromatic N) is 2. The first-order valence-electron chi connectivity index (χ1n) is 9.62. The molecule has 5 nitrogen and oxygen atoms in total. The Kier molecular flexibility index (Phi) is 4.26. The number of pyridine rings is 1. The number of carbonyl (C=O) groups is 2. The second kappa shape index (κ2) is 6.43. The second-order valence-corrected chi connectivity index (χ2v) is 8.12. The molecule has 3 aliphatic rings. The first kappa shape index (κ1) is 16.6. The molecular weight excluding hydrogens is 314 g/mol. The molecule has 134 valence electrons. The van der Waals surface area contributed by atoms with Gasteiger partial charge in [0.2, 0.25) is 5.91 Å². The summed E-state index contributed by atoms with van der Waals surface area (Å²) in [5.41, 5.74) is 2.16. The Labute approximate surface area is 149 Å². The molecule has 25 heavy (non-hydrogen) atoms. The van der Waals surface area contributed by atoms with Crippen molar-refractivity contribution >= 4 is 11.8 Å². The molecule has 1 spiro atoms. The number of likely N-dealkylation sites (tertiary alicyclic amines) is 1. The molecule has 1 N–H and O–H groups in total. The Morgan fingerprint density at radius 3 is 2.44 bits per heavy atom. The third-order valence-corrected chi connectivity index (χ3v) is 6.38. The van der Waals surface area contributed by atoms with Crippen molar-refractivity contribution < 1.29 is 9.59 Å². The van der Waals surface area contributed by atoms with Crippen LogP contribution in [0.4, 0.5) is 0 Å². The van der Waals surface area contributed by atoms with E-state index >= 15 is 0 Å². The smallest absolute Gasteiger partial charge is 0.253 e. The van der Waals surface area contributed by atoms with E-state index in [4.69, 9.17) is 0 Å². The number of nitrogens with one attached hydrogen (secondary N) is 1. The second-order valence-electron chi connectivity index (χ2n) is 8.12. The van der Waals surface area contributed by atoms with E-state index in [2.05, 4.69) is 10.3 Å². The molecule has 1 saturated heterocycles. The van der Waals surface area contributed by atoms with Crippen molar-refractivity contribution in [2.45, 2.75) is 63.8 Å². The molecule has 4 rings (SSSR count). The maximum atomic E-state index is 12.6. The molecule has 2 heterocycles. The predicted molar refractivity (Wildman–Crippen MR) is 95.2 cm³/mol. The van der Waals surface area contributed by atoms with E-state index in [0.717, 1.165) is 31.6 Å². The van der Waals surface area contributed by atoms with Crippen LogP contribution in [-0.2, 0) is 4.79 Å². The fraction of sp³-hybridized carbons (Fsp3) is 0.650. The standard InChI is InChI=1S/C20H27N3O2/c1-14(19(25)23-11-9-20(7-8-20)10-12-23)22-18(24)16-5-6-17(21-13-16)15-3-2-4-15/h5-6,13-15H,2-4,7-12H2,1H3,(H,22,24)/t14-/m1/s1. The lowest BCUT2D eigenvalue weighted by Crippen LogP contribution is -2.49. The van der Waals surface area contributed by atoms with E-state index in [0.29, 0.717) is 16.9 Å². The summed E-state index contributed by atoms with van der Waals surface area (Å²) in [5.74, 6) is 0.374. The maximum absolute atomic E-state index is 12.6. The minimum atomic E-state index is -0.493. The van der Waals surface area contributed by atoms with Gasteiger partial charge in [0.15, 0.2) is 0 Å². The van der Waals surface area contributed by atoms with Gasteiger partial charge in [-0.2, -0.15) is 0 Å². The zero-order valence-electron chi connectivity index (χ0n) is 15.0. The highest BCUT2D eigenvalue weighted by atomic mass is 16.2. The number of rotatable bonds is 4. The van der Waals surface area contributed by atoms with E-state index in [1.165, 1.54) is 32.1 Å². The number of piperidine rings is 1. The van der Waals surface area contributed by atoms with Gasteiger partial charge in [-0.15, -0.1) is 0 Å². The van der Waals surface area contributed by atoms with Gasteiger partial charge < -0.3 is 10.2 Å². The molecule has 1 aromatic heterocycles. The summed E-state index contributed by atoms with van der Waals surface area (Å²) >= 11 is 0.